The van der Waals surface area contributed by atoms with Crippen LogP contribution >= 0.6 is 0 Å². The molecule has 0 aliphatic carbocycles. The Hall–Kier alpha value is -0.960. The van der Waals surface area contributed by atoms with Crippen LogP contribution in [0, 0.1) is 23.7 Å². The van der Waals surface area contributed by atoms with Gasteiger partial charge in [0, 0.05) is 0 Å². The number of rotatable bonds is 2. The van der Waals surface area contributed by atoms with Crippen molar-refractivity contribution in [3.63, 3.8) is 0 Å². The van der Waals surface area contributed by atoms with E-state index < -0.39 is 0 Å². The van der Waals surface area contributed by atoms with Crippen LogP contribution in [0.4, 0.5) is 0 Å². The lowest BCUT2D eigenvalue weighted by Crippen LogP contribution is -3.12. The Morgan fingerprint density at radius 2 is 0.944 bits per heavy atom. The van der Waals surface area contributed by atoms with Crippen LogP contribution < -0.4 is 9.80 Å². The van der Waals surface area contributed by atoms with Crippen molar-refractivity contribution in [1.82, 2.24) is 0 Å². The minimum Gasteiger partial charge on any atom is -0.325 e. The molecule has 0 atom stereocenters. The molecule has 18 heavy (non-hydrogen) atoms. The molecule has 2 rings (SSSR count). The largest absolute Gasteiger partial charge is 0.325 e. The predicted octanol–water partition coefficient (Wildman–Crippen LogP) is -0.869. The van der Waals surface area contributed by atoms with Crippen molar-refractivity contribution in [3.05, 3.63) is 0 Å². The van der Waals surface area contributed by atoms with Gasteiger partial charge in [-0.25, -0.2) is 0 Å². The van der Waals surface area contributed by atoms with E-state index in [2.05, 4.69) is 23.7 Å². The van der Waals surface area contributed by atoms with Crippen molar-refractivity contribution < 1.29 is 9.80 Å². The van der Waals surface area contributed by atoms with E-state index in [0.717, 1.165) is 13.1 Å². The molecule has 0 unspecified atom stereocenters. The molecule has 0 saturated carbocycles. The van der Waals surface area contributed by atoms with Gasteiger partial charge in [0.2, 0.25) is 0 Å². The van der Waals surface area contributed by atoms with Gasteiger partial charge in [-0.2, -0.15) is 0 Å². The highest BCUT2D eigenvalue weighted by atomic mass is 15.1. The molecule has 2 aliphatic heterocycles. The third-order valence-electron chi connectivity index (χ3n) is 4.04. The molecule has 2 heteroatoms. The van der Waals surface area contributed by atoms with Crippen LogP contribution in [0.2, 0.25) is 0 Å². The fourth-order valence-electron chi connectivity index (χ4n) is 2.88. The monoisotopic (exact) mass is 246 g/mol. The molecule has 2 nitrogen and oxygen atoms in total. The summed E-state index contributed by atoms with van der Waals surface area (Å²) in [7, 11) is 0. The second-order valence-corrected chi connectivity index (χ2v) is 5.58. The van der Waals surface area contributed by atoms with Gasteiger partial charge in [0.05, 0.1) is 26.2 Å². The van der Waals surface area contributed by atoms with Gasteiger partial charge in [-0.15, -0.1) is 0 Å². The third kappa shape index (κ3) is 5.13. The predicted molar refractivity (Wildman–Crippen MR) is 74.4 cm³/mol. The Labute approximate surface area is 112 Å². The standard InChI is InChI=1S/C16H24N2/c1(5-11-17-13-7-3-8-14-17)2-6-12-18-15-9-4-10-16-18/h3-4,7-16H2/p+2. The van der Waals surface area contributed by atoms with Gasteiger partial charge in [-0.3, -0.25) is 0 Å². The number of nitrogens with one attached hydrogen (secondary N) is 2. The van der Waals surface area contributed by atoms with Gasteiger partial charge in [0.15, 0.2) is 0 Å². The fourth-order valence-corrected chi connectivity index (χ4v) is 2.88. The Morgan fingerprint density at radius 3 is 1.33 bits per heavy atom. The minimum atomic E-state index is 0.991. The van der Waals surface area contributed by atoms with Crippen molar-refractivity contribution in [1.29, 1.82) is 0 Å². The molecule has 2 fully saturated rings. The van der Waals surface area contributed by atoms with Crippen LogP contribution in [-0.4, -0.2) is 39.3 Å². The molecule has 2 heterocycles. The summed E-state index contributed by atoms with van der Waals surface area (Å²) in [5, 5.41) is 0. The van der Waals surface area contributed by atoms with Gasteiger partial charge in [-0.05, 0) is 62.2 Å². The summed E-state index contributed by atoms with van der Waals surface area (Å²) in [5.41, 5.74) is 0. The maximum atomic E-state index is 3.22. The second-order valence-electron chi connectivity index (χ2n) is 5.58. The minimum absolute atomic E-state index is 0.991. The molecule has 0 aromatic rings. The lowest BCUT2D eigenvalue weighted by Gasteiger charge is -2.21. The smallest absolute Gasteiger partial charge is 0.140 e. The summed E-state index contributed by atoms with van der Waals surface area (Å²) in [4.78, 5) is 3.30. The average molecular weight is 246 g/mol. The lowest BCUT2D eigenvalue weighted by atomic mass is 10.1. The molecular weight excluding hydrogens is 220 g/mol. The summed E-state index contributed by atoms with van der Waals surface area (Å²) in [6, 6.07) is 0. The Morgan fingerprint density at radius 1 is 0.556 bits per heavy atom. The quantitative estimate of drug-likeness (QED) is 0.586. The highest BCUT2D eigenvalue weighted by Crippen LogP contribution is 1.94. The molecule has 0 amide bonds. The summed E-state index contributed by atoms with van der Waals surface area (Å²) in [5.74, 6) is 12.5. The Bertz CT molecular complexity index is 305. The molecule has 0 bridgehead atoms. The topological polar surface area (TPSA) is 8.88 Å². The molecule has 2 N–H and O–H groups in total. The Balaban J connectivity index is 1.61. The molecule has 2 saturated heterocycles. The van der Waals surface area contributed by atoms with Gasteiger partial charge in [-0.1, -0.05) is 0 Å². The molecule has 0 radical (unpaired) electrons. The van der Waals surface area contributed by atoms with Crippen molar-refractivity contribution in [3.8, 4) is 23.7 Å². The summed E-state index contributed by atoms with van der Waals surface area (Å²) in [6.07, 6.45) is 8.33. The first-order valence-corrected chi connectivity index (χ1v) is 7.58. The lowest BCUT2D eigenvalue weighted by molar-refractivity contribution is -0.897. The van der Waals surface area contributed by atoms with Gasteiger partial charge in [0.1, 0.15) is 13.1 Å². The Kier molecular flexibility index (Phi) is 6.13. The zero-order valence-corrected chi connectivity index (χ0v) is 11.5. The molecule has 0 aromatic heterocycles. The van der Waals surface area contributed by atoms with E-state index >= 15 is 0 Å². The van der Waals surface area contributed by atoms with E-state index in [-0.39, 0.29) is 0 Å². The first-order valence-electron chi connectivity index (χ1n) is 7.58. The van der Waals surface area contributed by atoms with Crippen molar-refractivity contribution in [2.75, 3.05) is 39.3 Å². The number of quaternary nitrogens is 2. The van der Waals surface area contributed by atoms with E-state index in [1.165, 1.54) is 64.7 Å². The van der Waals surface area contributed by atoms with E-state index in [1.807, 2.05) is 0 Å². The van der Waals surface area contributed by atoms with E-state index in [9.17, 15) is 0 Å². The fraction of sp³-hybridized carbons (Fsp3) is 0.750. The molecule has 2 aliphatic rings. The first-order chi connectivity index (χ1) is 8.95. The first kappa shape index (κ1) is 13.5. The highest BCUT2D eigenvalue weighted by molar-refractivity contribution is 5.25. The normalized spacial score (nSPS) is 21.6. The molecule has 0 aromatic carbocycles. The van der Waals surface area contributed by atoms with Crippen LogP contribution in [0.25, 0.3) is 0 Å². The van der Waals surface area contributed by atoms with Crippen LogP contribution in [-0.2, 0) is 0 Å². The van der Waals surface area contributed by atoms with Crippen LogP contribution in [0.15, 0.2) is 0 Å². The molecule has 0 spiro atoms. The van der Waals surface area contributed by atoms with Gasteiger partial charge >= 0.3 is 0 Å². The zero-order valence-electron chi connectivity index (χ0n) is 11.5. The van der Waals surface area contributed by atoms with E-state index in [0.29, 0.717) is 0 Å². The van der Waals surface area contributed by atoms with Crippen LogP contribution in [0.5, 0.6) is 0 Å². The maximum absolute atomic E-state index is 3.22. The number of hydrogen-bond acceptors (Lipinski definition) is 0. The molecule has 98 valence electrons. The average Bonchev–Trinajstić information content (AvgIpc) is 2.45. The second kappa shape index (κ2) is 8.20. The van der Waals surface area contributed by atoms with Crippen molar-refractivity contribution in [2.24, 2.45) is 0 Å². The van der Waals surface area contributed by atoms with Gasteiger partial charge < -0.3 is 9.80 Å². The van der Waals surface area contributed by atoms with Crippen molar-refractivity contribution >= 4 is 0 Å². The zero-order chi connectivity index (χ0) is 12.5. The summed E-state index contributed by atoms with van der Waals surface area (Å²) in [6.45, 7) is 7.21. The highest BCUT2D eigenvalue weighted by Gasteiger charge is 2.11. The van der Waals surface area contributed by atoms with E-state index in [4.69, 9.17) is 0 Å². The number of hydrogen-bond donors (Lipinski definition) is 2. The summed E-state index contributed by atoms with van der Waals surface area (Å²) >= 11 is 0. The number of piperidine rings is 2. The van der Waals surface area contributed by atoms with Gasteiger partial charge in [0.25, 0.3) is 0 Å². The van der Waals surface area contributed by atoms with E-state index in [1.54, 1.807) is 9.80 Å². The van der Waals surface area contributed by atoms with Crippen molar-refractivity contribution in [2.45, 2.75) is 38.5 Å². The SMILES string of the molecule is C(C#CC[NH+]1CCCCC1)#CC[NH+]1CCCCC1. The molecular formula is C16H26N2+2. The third-order valence-corrected chi connectivity index (χ3v) is 4.04. The summed E-state index contributed by atoms with van der Waals surface area (Å²) < 4.78 is 0. The maximum Gasteiger partial charge on any atom is 0.140 e. The van der Waals surface area contributed by atoms with Crippen LogP contribution in [0.3, 0.4) is 0 Å². The van der Waals surface area contributed by atoms with Crippen LogP contribution in [0.1, 0.15) is 38.5 Å². The number of likely N-dealkylation sites (tertiary alicyclic amines) is 2.